The molecular weight excluding hydrogens is 210 g/mol. The van der Waals surface area contributed by atoms with Crippen LogP contribution in [-0.4, -0.2) is 31.6 Å². The van der Waals surface area contributed by atoms with Crippen LogP contribution in [0.4, 0.5) is 0 Å². The van der Waals surface area contributed by atoms with Gasteiger partial charge in [-0.2, -0.15) is 0 Å². The minimum atomic E-state index is 0.373. The van der Waals surface area contributed by atoms with E-state index in [4.69, 9.17) is 16.3 Å². The third kappa shape index (κ3) is 11.5. The van der Waals surface area contributed by atoms with Gasteiger partial charge in [0.15, 0.2) is 0 Å². The van der Waals surface area contributed by atoms with E-state index >= 15 is 0 Å². The first kappa shape index (κ1) is 16.9. The topological polar surface area (TPSA) is 12.5 Å². The van der Waals surface area contributed by atoms with Gasteiger partial charge in [-0.25, -0.2) is 0 Å². The zero-order valence-electron chi connectivity index (χ0n) is 10.5. The molecular formula is C12H24ClNO. The number of halogens is 1. The molecule has 0 radical (unpaired) electrons. The van der Waals surface area contributed by atoms with Crippen molar-refractivity contribution < 1.29 is 4.74 Å². The zero-order chi connectivity index (χ0) is 12.3. The molecule has 0 bridgehead atoms. The van der Waals surface area contributed by atoms with Crippen LogP contribution >= 0.6 is 11.6 Å². The molecule has 0 aromatic heterocycles. The van der Waals surface area contributed by atoms with E-state index in [-0.39, 0.29) is 0 Å². The van der Waals surface area contributed by atoms with Crippen molar-refractivity contribution >= 4 is 11.6 Å². The van der Waals surface area contributed by atoms with Gasteiger partial charge in [0.25, 0.3) is 0 Å². The van der Waals surface area contributed by atoms with Gasteiger partial charge in [0.2, 0.25) is 0 Å². The van der Waals surface area contributed by atoms with Crippen molar-refractivity contribution in [2.75, 3.05) is 26.7 Å². The summed E-state index contributed by atoms with van der Waals surface area (Å²) in [4.78, 5) is 2.20. The monoisotopic (exact) mass is 233 g/mol. The summed E-state index contributed by atoms with van der Waals surface area (Å²) in [5.74, 6) is 0.464. The summed E-state index contributed by atoms with van der Waals surface area (Å²) in [5.41, 5.74) is 0. The van der Waals surface area contributed by atoms with Gasteiger partial charge in [0.1, 0.15) is 12.4 Å². The lowest BCUT2D eigenvalue weighted by molar-refractivity contribution is 0.180. The molecule has 90 valence electrons. The van der Waals surface area contributed by atoms with Gasteiger partial charge in [-0.1, -0.05) is 45.5 Å². The Bertz CT molecular complexity index is 180. The molecule has 0 rings (SSSR count). The summed E-state index contributed by atoms with van der Waals surface area (Å²) in [5, 5.41) is 0.373. The first-order valence-electron chi connectivity index (χ1n) is 5.43. The average Bonchev–Trinajstić information content (AvgIpc) is 2.21. The highest BCUT2D eigenvalue weighted by atomic mass is 35.5. The van der Waals surface area contributed by atoms with E-state index in [9.17, 15) is 0 Å². The fourth-order valence-corrected chi connectivity index (χ4v) is 0.951. The highest BCUT2D eigenvalue weighted by Crippen LogP contribution is 2.10. The van der Waals surface area contributed by atoms with Crippen LogP contribution < -0.4 is 0 Å². The molecule has 2 nitrogen and oxygen atoms in total. The van der Waals surface area contributed by atoms with Crippen LogP contribution in [0.25, 0.3) is 0 Å². The molecule has 0 aliphatic rings. The van der Waals surface area contributed by atoms with Gasteiger partial charge in [-0.15, -0.1) is 0 Å². The van der Waals surface area contributed by atoms with Gasteiger partial charge in [0, 0.05) is 6.54 Å². The van der Waals surface area contributed by atoms with Crippen molar-refractivity contribution in [3.05, 3.63) is 23.9 Å². The van der Waals surface area contributed by atoms with Crippen LogP contribution in [-0.2, 0) is 4.74 Å². The second-order valence-electron chi connectivity index (χ2n) is 2.98. The van der Waals surface area contributed by atoms with Gasteiger partial charge >= 0.3 is 0 Å². The molecule has 15 heavy (non-hydrogen) atoms. The normalized spacial score (nSPS) is 9.20. The smallest absolute Gasteiger partial charge is 0.130 e. The van der Waals surface area contributed by atoms with Gasteiger partial charge in [-0.05, 0) is 20.0 Å². The Labute approximate surface area is 99.6 Å². The third-order valence-corrected chi connectivity index (χ3v) is 1.87. The number of nitrogens with zero attached hydrogens (tertiary/aromatic N) is 1. The van der Waals surface area contributed by atoms with Crippen LogP contribution in [0, 0.1) is 0 Å². The Morgan fingerprint density at radius 1 is 1.27 bits per heavy atom. The summed E-state index contributed by atoms with van der Waals surface area (Å²) in [6.45, 7) is 15.9. The first-order valence-corrected chi connectivity index (χ1v) is 5.80. The number of hydrogen-bond donors (Lipinski definition) is 0. The average molecular weight is 234 g/mol. The third-order valence-electron chi connectivity index (χ3n) is 1.66. The van der Waals surface area contributed by atoms with Crippen molar-refractivity contribution in [2.45, 2.75) is 27.2 Å². The first-order chi connectivity index (χ1) is 7.07. The molecule has 0 spiro atoms. The predicted molar refractivity (Wildman–Crippen MR) is 69.2 cm³/mol. The Morgan fingerprint density at radius 3 is 2.20 bits per heavy atom. The van der Waals surface area contributed by atoms with Crippen LogP contribution in [0.5, 0.6) is 0 Å². The summed E-state index contributed by atoms with van der Waals surface area (Å²) < 4.78 is 5.25. The van der Waals surface area contributed by atoms with E-state index < -0.39 is 0 Å². The van der Waals surface area contributed by atoms with Gasteiger partial charge in [0.05, 0.1) is 5.03 Å². The maximum Gasteiger partial charge on any atom is 0.130 e. The number of hydrogen-bond acceptors (Lipinski definition) is 2. The molecule has 0 fully saturated rings. The van der Waals surface area contributed by atoms with E-state index in [1.54, 1.807) is 0 Å². The van der Waals surface area contributed by atoms with E-state index in [0.29, 0.717) is 17.4 Å². The molecule has 0 amide bonds. The standard InChI is InChI=1S/C10H18ClNO.C2H6/c1-5-6-12(4)7-8-13-10(3)9(2)11;1-2/h2-3,5-8H2,1,4H3;1-2H3. The molecule has 0 unspecified atom stereocenters. The molecule has 0 aliphatic carbocycles. The van der Waals surface area contributed by atoms with Gasteiger partial charge < -0.3 is 9.64 Å². The SMILES string of the molecule is C=C(Cl)C(=C)OCCN(C)CCC.CC. The highest BCUT2D eigenvalue weighted by molar-refractivity contribution is 6.31. The number of ether oxygens (including phenoxy) is 1. The Hall–Kier alpha value is -0.470. The second kappa shape index (κ2) is 11.6. The van der Waals surface area contributed by atoms with E-state index in [1.165, 1.54) is 0 Å². The highest BCUT2D eigenvalue weighted by Gasteiger charge is 1.99. The zero-order valence-corrected chi connectivity index (χ0v) is 11.2. The van der Waals surface area contributed by atoms with Crippen molar-refractivity contribution in [3.63, 3.8) is 0 Å². The van der Waals surface area contributed by atoms with Crippen molar-refractivity contribution in [2.24, 2.45) is 0 Å². The molecule has 0 saturated carbocycles. The molecule has 0 aromatic rings. The molecule has 3 heteroatoms. The van der Waals surface area contributed by atoms with Crippen molar-refractivity contribution in [1.82, 2.24) is 4.90 Å². The summed E-state index contributed by atoms with van der Waals surface area (Å²) in [6, 6.07) is 0. The fraction of sp³-hybridized carbons (Fsp3) is 0.667. The van der Waals surface area contributed by atoms with Crippen molar-refractivity contribution in [3.8, 4) is 0 Å². The van der Waals surface area contributed by atoms with Crippen LogP contribution in [0.2, 0.25) is 0 Å². The molecule has 0 N–H and O–H groups in total. The lowest BCUT2D eigenvalue weighted by atomic mass is 10.4. The minimum Gasteiger partial charge on any atom is -0.491 e. The lowest BCUT2D eigenvalue weighted by Crippen LogP contribution is -2.23. The van der Waals surface area contributed by atoms with E-state index in [0.717, 1.165) is 19.5 Å². The maximum atomic E-state index is 5.57. The minimum absolute atomic E-state index is 0.373. The maximum absolute atomic E-state index is 5.57. The van der Waals surface area contributed by atoms with E-state index in [1.807, 2.05) is 13.8 Å². The lowest BCUT2D eigenvalue weighted by Gasteiger charge is -2.16. The second-order valence-corrected chi connectivity index (χ2v) is 3.44. The fourth-order valence-electron chi connectivity index (χ4n) is 0.897. The Balaban J connectivity index is 0. The van der Waals surface area contributed by atoms with Crippen molar-refractivity contribution in [1.29, 1.82) is 0 Å². The Morgan fingerprint density at radius 2 is 1.80 bits per heavy atom. The van der Waals surface area contributed by atoms with Crippen LogP contribution in [0.1, 0.15) is 27.2 Å². The number of likely N-dealkylation sites (N-methyl/N-ethyl adjacent to an activating group) is 1. The largest absolute Gasteiger partial charge is 0.491 e. The summed E-state index contributed by atoms with van der Waals surface area (Å²) in [7, 11) is 2.06. The molecule has 0 aliphatic heterocycles. The molecule has 0 aromatic carbocycles. The number of allylic oxidation sites excluding steroid dienone is 1. The number of rotatable bonds is 7. The molecule has 0 atom stereocenters. The summed E-state index contributed by atoms with van der Waals surface area (Å²) >= 11 is 5.57. The van der Waals surface area contributed by atoms with Gasteiger partial charge in [-0.3, -0.25) is 0 Å². The van der Waals surface area contributed by atoms with Crippen LogP contribution in [0.3, 0.4) is 0 Å². The molecule has 0 heterocycles. The van der Waals surface area contributed by atoms with Crippen LogP contribution in [0.15, 0.2) is 23.9 Å². The molecule has 0 saturated heterocycles. The summed E-state index contributed by atoms with van der Waals surface area (Å²) in [6.07, 6.45) is 1.15. The quantitative estimate of drug-likeness (QED) is 0.492. The predicted octanol–water partition coefficient (Wildman–Crippen LogP) is 3.64. The van der Waals surface area contributed by atoms with E-state index in [2.05, 4.69) is 32.0 Å². The Kier molecular flexibility index (Phi) is 13.1.